The molecule has 120 valence electrons. The average Bonchev–Trinajstić information content (AvgIpc) is 2.80. The van der Waals surface area contributed by atoms with E-state index in [0.29, 0.717) is 6.04 Å². The van der Waals surface area contributed by atoms with Gasteiger partial charge < -0.3 is 5.32 Å². The Labute approximate surface area is 130 Å². The highest BCUT2D eigenvalue weighted by atomic mass is 15.3. The maximum atomic E-state index is 4.62. The standard InChI is InChI=1S/C18H33N3/c1-6-19-18-9-8-15(13(3)4)11-16(18)12-17-10-14(5)20-21(17)7-2/h10,13,15-16,18-19H,6-9,11-12H2,1-5H3. The van der Waals surface area contributed by atoms with Crippen molar-refractivity contribution < 1.29 is 0 Å². The number of hydrogen-bond donors (Lipinski definition) is 1. The van der Waals surface area contributed by atoms with Gasteiger partial charge in [0.1, 0.15) is 0 Å². The highest BCUT2D eigenvalue weighted by Crippen LogP contribution is 2.35. The van der Waals surface area contributed by atoms with Gasteiger partial charge in [-0.25, -0.2) is 0 Å². The zero-order valence-electron chi connectivity index (χ0n) is 14.5. The second kappa shape index (κ2) is 7.44. The van der Waals surface area contributed by atoms with Gasteiger partial charge in [0.05, 0.1) is 5.69 Å². The molecule has 1 saturated carbocycles. The Kier molecular flexibility index (Phi) is 5.86. The lowest BCUT2D eigenvalue weighted by atomic mass is 9.72. The van der Waals surface area contributed by atoms with Gasteiger partial charge in [-0.2, -0.15) is 5.10 Å². The quantitative estimate of drug-likeness (QED) is 0.864. The molecule has 3 unspecified atom stereocenters. The van der Waals surface area contributed by atoms with E-state index in [0.717, 1.165) is 36.5 Å². The third-order valence-corrected chi connectivity index (χ3v) is 5.19. The molecule has 3 atom stereocenters. The fourth-order valence-electron chi connectivity index (χ4n) is 3.97. The molecule has 0 bridgehead atoms. The summed E-state index contributed by atoms with van der Waals surface area (Å²) in [6.45, 7) is 13.4. The van der Waals surface area contributed by atoms with Crippen LogP contribution in [0.2, 0.25) is 0 Å². The summed E-state index contributed by atoms with van der Waals surface area (Å²) >= 11 is 0. The molecule has 0 radical (unpaired) electrons. The minimum atomic E-state index is 0.686. The van der Waals surface area contributed by atoms with Crippen LogP contribution in [0.3, 0.4) is 0 Å². The Balaban J connectivity index is 2.11. The molecule has 2 rings (SSSR count). The molecule has 1 aromatic heterocycles. The van der Waals surface area contributed by atoms with Gasteiger partial charge in [0.2, 0.25) is 0 Å². The van der Waals surface area contributed by atoms with Gasteiger partial charge in [-0.1, -0.05) is 20.8 Å². The molecule has 1 aliphatic carbocycles. The van der Waals surface area contributed by atoms with Crippen molar-refractivity contribution in [1.82, 2.24) is 15.1 Å². The third kappa shape index (κ3) is 4.09. The van der Waals surface area contributed by atoms with Gasteiger partial charge in [0, 0.05) is 18.3 Å². The van der Waals surface area contributed by atoms with Crippen LogP contribution in [0, 0.1) is 24.7 Å². The van der Waals surface area contributed by atoms with Crippen molar-refractivity contribution in [2.45, 2.75) is 72.9 Å². The van der Waals surface area contributed by atoms with Crippen LogP contribution in [-0.2, 0) is 13.0 Å². The van der Waals surface area contributed by atoms with E-state index in [1.807, 2.05) is 0 Å². The first-order valence-corrected chi connectivity index (χ1v) is 8.81. The molecular weight excluding hydrogens is 258 g/mol. The summed E-state index contributed by atoms with van der Waals surface area (Å²) in [6, 6.07) is 2.97. The molecular formula is C18H33N3. The molecule has 1 aliphatic rings. The van der Waals surface area contributed by atoms with Crippen molar-refractivity contribution in [3.05, 3.63) is 17.5 Å². The fraction of sp³-hybridized carbons (Fsp3) is 0.833. The van der Waals surface area contributed by atoms with Gasteiger partial charge in [0.15, 0.2) is 0 Å². The highest BCUT2D eigenvalue weighted by molar-refractivity contribution is 5.11. The number of nitrogens with one attached hydrogen (secondary N) is 1. The predicted molar refractivity (Wildman–Crippen MR) is 89.5 cm³/mol. The van der Waals surface area contributed by atoms with E-state index >= 15 is 0 Å². The first-order chi connectivity index (χ1) is 10.0. The van der Waals surface area contributed by atoms with Crippen LogP contribution >= 0.6 is 0 Å². The van der Waals surface area contributed by atoms with Crippen molar-refractivity contribution in [3.8, 4) is 0 Å². The van der Waals surface area contributed by atoms with Gasteiger partial charge in [-0.15, -0.1) is 0 Å². The number of aryl methyl sites for hydroxylation is 2. The summed E-state index contributed by atoms with van der Waals surface area (Å²) in [5, 5.41) is 8.34. The minimum absolute atomic E-state index is 0.686. The lowest BCUT2D eigenvalue weighted by molar-refractivity contribution is 0.167. The number of hydrogen-bond acceptors (Lipinski definition) is 2. The van der Waals surface area contributed by atoms with E-state index in [4.69, 9.17) is 0 Å². The largest absolute Gasteiger partial charge is 0.314 e. The van der Waals surface area contributed by atoms with E-state index in [9.17, 15) is 0 Å². The lowest BCUT2D eigenvalue weighted by Gasteiger charge is -2.38. The van der Waals surface area contributed by atoms with Crippen LogP contribution < -0.4 is 5.32 Å². The normalized spacial score (nSPS) is 26.5. The van der Waals surface area contributed by atoms with Crippen molar-refractivity contribution in [2.24, 2.45) is 17.8 Å². The summed E-state index contributed by atoms with van der Waals surface area (Å²) < 4.78 is 2.19. The molecule has 3 heteroatoms. The fourth-order valence-corrected chi connectivity index (χ4v) is 3.97. The molecule has 21 heavy (non-hydrogen) atoms. The summed E-state index contributed by atoms with van der Waals surface area (Å²) in [4.78, 5) is 0. The van der Waals surface area contributed by atoms with Crippen LogP contribution in [0.4, 0.5) is 0 Å². The van der Waals surface area contributed by atoms with Gasteiger partial charge >= 0.3 is 0 Å². The number of rotatable bonds is 6. The van der Waals surface area contributed by atoms with Gasteiger partial charge in [-0.3, -0.25) is 4.68 Å². The zero-order chi connectivity index (χ0) is 15.4. The van der Waals surface area contributed by atoms with E-state index in [2.05, 4.69) is 55.8 Å². The van der Waals surface area contributed by atoms with Crippen LogP contribution in [0.15, 0.2) is 6.07 Å². The minimum Gasteiger partial charge on any atom is -0.314 e. The van der Waals surface area contributed by atoms with Crippen molar-refractivity contribution in [1.29, 1.82) is 0 Å². The van der Waals surface area contributed by atoms with Crippen LogP contribution in [-0.4, -0.2) is 22.4 Å². The van der Waals surface area contributed by atoms with Gasteiger partial charge in [0.25, 0.3) is 0 Å². The van der Waals surface area contributed by atoms with Crippen LogP contribution in [0.5, 0.6) is 0 Å². The van der Waals surface area contributed by atoms with E-state index in [1.165, 1.54) is 31.4 Å². The van der Waals surface area contributed by atoms with E-state index in [1.54, 1.807) is 0 Å². The molecule has 0 spiro atoms. The van der Waals surface area contributed by atoms with Crippen LogP contribution in [0.1, 0.15) is 58.3 Å². The van der Waals surface area contributed by atoms with Crippen molar-refractivity contribution in [3.63, 3.8) is 0 Å². The Morgan fingerprint density at radius 3 is 2.71 bits per heavy atom. The molecule has 3 nitrogen and oxygen atoms in total. The maximum absolute atomic E-state index is 4.62. The van der Waals surface area contributed by atoms with Crippen LogP contribution in [0.25, 0.3) is 0 Å². The SMILES string of the molecule is CCNC1CCC(C(C)C)CC1Cc1cc(C)nn1CC. The van der Waals surface area contributed by atoms with Crippen molar-refractivity contribution >= 4 is 0 Å². The highest BCUT2D eigenvalue weighted by Gasteiger charge is 2.32. The predicted octanol–water partition coefficient (Wildman–Crippen LogP) is 3.80. The first kappa shape index (κ1) is 16.5. The summed E-state index contributed by atoms with van der Waals surface area (Å²) in [7, 11) is 0. The Morgan fingerprint density at radius 2 is 2.10 bits per heavy atom. The van der Waals surface area contributed by atoms with Crippen molar-refractivity contribution in [2.75, 3.05) is 6.54 Å². The Bertz CT molecular complexity index is 436. The lowest BCUT2D eigenvalue weighted by Crippen LogP contribution is -2.42. The Morgan fingerprint density at radius 1 is 1.33 bits per heavy atom. The monoisotopic (exact) mass is 291 g/mol. The van der Waals surface area contributed by atoms with E-state index < -0.39 is 0 Å². The first-order valence-electron chi connectivity index (χ1n) is 8.81. The summed E-state index contributed by atoms with van der Waals surface area (Å²) in [6.07, 6.45) is 5.26. The topological polar surface area (TPSA) is 29.9 Å². The molecule has 0 aliphatic heterocycles. The summed E-state index contributed by atoms with van der Waals surface area (Å²) in [5.41, 5.74) is 2.58. The van der Waals surface area contributed by atoms with E-state index in [-0.39, 0.29) is 0 Å². The molecule has 1 aromatic rings. The smallest absolute Gasteiger partial charge is 0.0596 e. The number of aromatic nitrogens is 2. The second-order valence-corrected chi connectivity index (χ2v) is 7.04. The molecule has 1 heterocycles. The molecule has 1 fully saturated rings. The maximum Gasteiger partial charge on any atom is 0.0596 e. The number of nitrogens with zero attached hydrogens (tertiary/aromatic N) is 2. The average molecular weight is 291 g/mol. The zero-order valence-corrected chi connectivity index (χ0v) is 14.5. The Hall–Kier alpha value is -0.830. The molecule has 0 saturated heterocycles. The van der Waals surface area contributed by atoms with Gasteiger partial charge in [-0.05, 0) is 69.9 Å². The summed E-state index contributed by atoms with van der Waals surface area (Å²) in [5.74, 6) is 2.46. The molecule has 0 aromatic carbocycles. The third-order valence-electron chi connectivity index (χ3n) is 5.19. The molecule has 1 N–H and O–H groups in total. The molecule has 0 amide bonds. The second-order valence-electron chi connectivity index (χ2n) is 7.04.